The Morgan fingerprint density at radius 3 is 2.72 bits per heavy atom. The van der Waals surface area contributed by atoms with E-state index in [9.17, 15) is 4.79 Å². The second-order valence-electron chi connectivity index (χ2n) is 4.45. The van der Waals surface area contributed by atoms with Gasteiger partial charge in [0.15, 0.2) is 0 Å². The van der Waals surface area contributed by atoms with Gasteiger partial charge in [-0.3, -0.25) is 4.79 Å². The van der Waals surface area contributed by atoms with Crippen molar-refractivity contribution in [2.75, 3.05) is 31.4 Å². The van der Waals surface area contributed by atoms with Crippen molar-refractivity contribution in [3.8, 4) is 0 Å². The Labute approximate surface area is 114 Å². The van der Waals surface area contributed by atoms with Crippen LogP contribution in [0.2, 0.25) is 0 Å². The number of carbonyl (C=O) groups excluding carboxylic acids is 1. The quantitative estimate of drug-likeness (QED) is 0.609. The Kier molecular flexibility index (Phi) is 6.58. The summed E-state index contributed by atoms with van der Waals surface area (Å²) >= 11 is 5.59. The highest BCUT2D eigenvalue weighted by molar-refractivity contribution is 6.17. The fraction of sp³-hybridized carbons (Fsp3) is 0.500. The zero-order valence-electron chi connectivity index (χ0n) is 11.1. The van der Waals surface area contributed by atoms with Crippen LogP contribution in [-0.2, 0) is 0 Å². The summed E-state index contributed by atoms with van der Waals surface area (Å²) in [5.41, 5.74) is 1.74. The van der Waals surface area contributed by atoms with E-state index in [0.717, 1.165) is 24.9 Å². The lowest BCUT2D eigenvalue weighted by atomic mass is 10.1. The number of benzene rings is 1. The Bertz CT molecular complexity index is 380. The second-order valence-corrected chi connectivity index (χ2v) is 4.83. The van der Waals surface area contributed by atoms with Crippen LogP contribution < -0.4 is 10.2 Å². The smallest absolute Gasteiger partial charge is 0.251 e. The van der Waals surface area contributed by atoms with Gasteiger partial charge in [-0.15, -0.1) is 11.6 Å². The molecule has 0 aliphatic rings. The zero-order valence-corrected chi connectivity index (χ0v) is 11.8. The third kappa shape index (κ3) is 4.96. The van der Waals surface area contributed by atoms with E-state index in [-0.39, 0.29) is 5.91 Å². The molecule has 3 nitrogen and oxygen atoms in total. The van der Waals surface area contributed by atoms with Crippen molar-refractivity contribution < 1.29 is 4.79 Å². The lowest BCUT2D eigenvalue weighted by Crippen LogP contribution is -2.24. The van der Waals surface area contributed by atoms with Gasteiger partial charge < -0.3 is 10.2 Å². The summed E-state index contributed by atoms with van der Waals surface area (Å²) in [7, 11) is 3.92. The van der Waals surface area contributed by atoms with Gasteiger partial charge in [0.1, 0.15) is 0 Å². The van der Waals surface area contributed by atoms with Crippen molar-refractivity contribution in [2.24, 2.45) is 0 Å². The third-order valence-corrected chi connectivity index (χ3v) is 2.99. The van der Waals surface area contributed by atoms with E-state index in [1.54, 1.807) is 0 Å². The normalized spacial score (nSPS) is 10.2. The van der Waals surface area contributed by atoms with Crippen LogP contribution in [0.15, 0.2) is 24.3 Å². The minimum absolute atomic E-state index is 0.00965. The van der Waals surface area contributed by atoms with Crippen LogP contribution in [0, 0.1) is 0 Å². The molecule has 1 aromatic carbocycles. The summed E-state index contributed by atoms with van der Waals surface area (Å²) in [6, 6.07) is 7.62. The van der Waals surface area contributed by atoms with E-state index in [1.807, 2.05) is 43.3 Å². The number of rotatable bonds is 7. The van der Waals surface area contributed by atoms with Crippen LogP contribution in [0.5, 0.6) is 0 Å². The largest absolute Gasteiger partial charge is 0.378 e. The average molecular weight is 269 g/mol. The molecule has 1 aromatic rings. The fourth-order valence-electron chi connectivity index (χ4n) is 1.63. The first-order chi connectivity index (χ1) is 8.65. The van der Waals surface area contributed by atoms with Gasteiger partial charge in [-0.1, -0.05) is 12.5 Å². The zero-order chi connectivity index (χ0) is 13.4. The topological polar surface area (TPSA) is 32.3 Å². The predicted octanol–water partition coefficient (Wildman–Crippen LogP) is 2.89. The maximum atomic E-state index is 11.9. The molecule has 0 fully saturated rings. The van der Waals surface area contributed by atoms with Crippen molar-refractivity contribution in [3.63, 3.8) is 0 Å². The lowest BCUT2D eigenvalue weighted by Gasteiger charge is -2.13. The Hall–Kier alpha value is -1.22. The van der Waals surface area contributed by atoms with Crippen LogP contribution in [0.1, 0.15) is 29.6 Å². The molecular formula is C14H21ClN2O. The van der Waals surface area contributed by atoms with Gasteiger partial charge in [-0.25, -0.2) is 0 Å². The van der Waals surface area contributed by atoms with Crippen molar-refractivity contribution in [3.05, 3.63) is 29.8 Å². The molecule has 0 saturated carbocycles. The van der Waals surface area contributed by atoms with Gasteiger partial charge >= 0.3 is 0 Å². The number of carbonyl (C=O) groups is 1. The van der Waals surface area contributed by atoms with Gasteiger partial charge in [0.2, 0.25) is 0 Å². The van der Waals surface area contributed by atoms with Crippen LogP contribution in [0.25, 0.3) is 0 Å². The van der Waals surface area contributed by atoms with Crippen LogP contribution >= 0.6 is 11.6 Å². The van der Waals surface area contributed by atoms with E-state index in [4.69, 9.17) is 11.6 Å². The third-order valence-electron chi connectivity index (χ3n) is 2.72. The summed E-state index contributed by atoms with van der Waals surface area (Å²) < 4.78 is 0. The molecule has 0 aliphatic carbocycles. The number of halogens is 1. The van der Waals surface area contributed by atoms with Gasteiger partial charge in [-0.05, 0) is 31.0 Å². The van der Waals surface area contributed by atoms with E-state index in [0.29, 0.717) is 18.0 Å². The first-order valence-electron chi connectivity index (χ1n) is 6.26. The molecule has 0 unspecified atom stereocenters. The SMILES string of the molecule is CN(C)c1cccc(C(=O)NCCCCCCl)c1. The standard InChI is InChI=1S/C14H21ClN2O/c1-17(2)13-8-6-7-12(11-13)14(18)16-10-5-3-4-9-15/h6-8,11H,3-5,9-10H2,1-2H3,(H,16,18). The van der Waals surface area contributed by atoms with Crippen molar-refractivity contribution in [1.82, 2.24) is 5.32 Å². The molecule has 1 rings (SSSR count). The molecule has 18 heavy (non-hydrogen) atoms. The number of hydrogen-bond acceptors (Lipinski definition) is 2. The summed E-state index contributed by atoms with van der Waals surface area (Å²) in [4.78, 5) is 13.9. The Morgan fingerprint density at radius 2 is 2.06 bits per heavy atom. The van der Waals surface area contributed by atoms with Crippen LogP contribution in [0.3, 0.4) is 0 Å². The number of nitrogens with zero attached hydrogens (tertiary/aromatic N) is 1. The molecule has 0 bridgehead atoms. The molecule has 1 N–H and O–H groups in total. The van der Waals surface area contributed by atoms with Gasteiger partial charge in [0.25, 0.3) is 5.91 Å². The van der Waals surface area contributed by atoms with E-state index in [2.05, 4.69) is 5.32 Å². The number of hydrogen-bond donors (Lipinski definition) is 1. The highest BCUT2D eigenvalue weighted by atomic mass is 35.5. The molecule has 1 amide bonds. The number of unbranched alkanes of at least 4 members (excludes halogenated alkanes) is 2. The molecule has 0 radical (unpaired) electrons. The summed E-state index contributed by atoms with van der Waals surface area (Å²) in [6.45, 7) is 0.710. The maximum Gasteiger partial charge on any atom is 0.251 e. The van der Waals surface area contributed by atoms with Crippen molar-refractivity contribution in [1.29, 1.82) is 0 Å². The van der Waals surface area contributed by atoms with E-state index in [1.165, 1.54) is 0 Å². The predicted molar refractivity (Wildman–Crippen MR) is 77.7 cm³/mol. The number of nitrogens with one attached hydrogen (secondary N) is 1. The van der Waals surface area contributed by atoms with Crippen LogP contribution in [-0.4, -0.2) is 32.4 Å². The van der Waals surface area contributed by atoms with Gasteiger partial charge in [0, 0.05) is 37.8 Å². The number of amides is 1. The van der Waals surface area contributed by atoms with E-state index >= 15 is 0 Å². The summed E-state index contributed by atoms with van der Waals surface area (Å²) in [6.07, 6.45) is 3.04. The number of anilines is 1. The molecule has 0 saturated heterocycles. The van der Waals surface area contributed by atoms with E-state index < -0.39 is 0 Å². The molecule has 0 heterocycles. The molecule has 100 valence electrons. The highest BCUT2D eigenvalue weighted by Gasteiger charge is 2.05. The average Bonchev–Trinajstić information content (AvgIpc) is 2.38. The lowest BCUT2D eigenvalue weighted by molar-refractivity contribution is 0.0953. The van der Waals surface area contributed by atoms with Gasteiger partial charge in [-0.2, -0.15) is 0 Å². The van der Waals surface area contributed by atoms with Crippen molar-refractivity contribution in [2.45, 2.75) is 19.3 Å². The Morgan fingerprint density at radius 1 is 1.28 bits per heavy atom. The van der Waals surface area contributed by atoms with Gasteiger partial charge in [0.05, 0.1) is 0 Å². The summed E-state index contributed by atoms with van der Waals surface area (Å²) in [5.74, 6) is 0.684. The first kappa shape index (κ1) is 14.8. The molecule has 0 aromatic heterocycles. The van der Waals surface area contributed by atoms with Crippen LogP contribution in [0.4, 0.5) is 5.69 Å². The molecule has 0 aliphatic heterocycles. The monoisotopic (exact) mass is 268 g/mol. The van der Waals surface area contributed by atoms with Crippen molar-refractivity contribution >= 4 is 23.2 Å². The second kappa shape index (κ2) is 7.98. The minimum atomic E-state index is -0.00965. The molecule has 0 atom stereocenters. The first-order valence-corrected chi connectivity index (χ1v) is 6.80. The molecule has 0 spiro atoms. The fourth-order valence-corrected chi connectivity index (χ4v) is 1.81. The minimum Gasteiger partial charge on any atom is -0.378 e. The Balaban J connectivity index is 2.44. The number of alkyl halides is 1. The highest BCUT2D eigenvalue weighted by Crippen LogP contribution is 2.13. The molecular weight excluding hydrogens is 248 g/mol. The summed E-state index contributed by atoms with van der Waals surface area (Å²) in [5, 5.41) is 2.92. The molecule has 4 heteroatoms. The maximum absolute atomic E-state index is 11.9.